The molecule has 0 heterocycles. The van der Waals surface area contributed by atoms with Gasteiger partial charge in [0.2, 0.25) is 0 Å². The lowest BCUT2D eigenvalue weighted by atomic mass is 10.2. The molecule has 0 aliphatic carbocycles. The van der Waals surface area contributed by atoms with Gasteiger partial charge in [-0.05, 0) is 25.0 Å². The van der Waals surface area contributed by atoms with E-state index in [0.717, 1.165) is 0 Å². The molecule has 5 heteroatoms. The van der Waals surface area contributed by atoms with Gasteiger partial charge in [0.15, 0.2) is 0 Å². The van der Waals surface area contributed by atoms with E-state index in [4.69, 9.17) is 4.74 Å². The van der Waals surface area contributed by atoms with Gasteiger partial charge in [-0.3, -0.25) is 4.79 Å². The van der Waals surface area contributed by atoms with Gasteiger partial charge in [-0.1, -0.05) is 18.2 Å². The molecule has 0 saturated carbocycles. The van der Waals surface area contributed by atoms with Crippen LogP contribution in [0.4, 0.5) is 0 Å². The minimum atomic E-state index is -0.608. The van der Waals surface area contributed by atoms with Crippen molar-refractivity contribution in [3.63, 3.8) is 0 Å². The monoisotopic (exact) mass is 270 g/mol. The lowest BCUT2D eigenvalue weighted by Crippen LogP contribution is -2.12. The number of carbonyl (C=O) groups is 2. The number of hydrogen-bond donors (Lipinski definition) is 2. The van der Waals surface area contributed by atoms with Gasteiger partial charge in [0.05, 0.1) is 5.56 Å². The van der Waals surface area contributed by atoms with Crippen LogP contribution in [0.15, 0.2) is 30.3 Å². The maximum Gasteiger partial charge on any atom is 0.345 e. The molecule has 0 unspecified atom stereocenters. The highest BCUT2D eigenvalue weighted by molar-refractivity contribution is 7.99. The third kappa shape index (κ3) is 5.79. The Bertz CT molecular complexity index is 377. The molecule has 0 amide bonds. The Morgan fingerprint density at radius 2 is 1.82 bits per heavy atom. The van der Waals surface area contributed by atoms with Crippen LogP contribution in [0.25, 0.3) is 0 Å². The van der Waals surface area contributed by atoms with E-state index in [9.17, 15) is 9.59 Å². The van der Waals surface area contributed by atoms with E-state index in [1.807, 2.05) is 0 Å². The number of thiol groups is 2. The molecule has 0 radical (unpaired) electrons. The normalized spacial score (nSPS) is 10.3. The number of benzene rings is 1. The van der Waals surface area contributed by atoms with E-state index in [-0.39, 0.29) is 11.0 Å². The van der Waals surface area contributed by atoms with Crippen molar-refractivity contribution in [1.82, 2.24) is 0 Å². The Labute approximate surface area is 111 Å². The van der Waals surface area contributed by atoms with Crippen molar-refractivity contribution in [2.24, 2.45) is 0 Å². The second-order valence-electron chi connectivity index (χ2n) is 3.50. The van der Waals surface area contributed by atoms with Gasteiger partial charge < -0.3 is 4.74 Å². The molecule has 1 rings (SSSR count). The average Bonchev–Trinajstić information content (AvgIpc) is 2.29. The maximum absolute atomic E-state index is 11.5. The van der Waals surface area contributed by atoms with E-state index in [1.165, 1.54) is 0 Å². The standard InChI is InChI=1S/C12H14O3S2/c13-10(7-4-8-11(16)17)15-12(14)9-5-2-1-3-6-9/h1-3,5-6,11,16-17H,4,7-8H2. The highest BCUT2D eigenvalue weighted by Crippen LogP contribution is 2.11. The topological polar surface area (TPSA) is 43.4 Å². The summed E-state index contributed by atoms with van der Waals surface area (Å²) < 4.78 is 4.64. The lowest BCUT2D eigenvalue weighted by molar-refractivity contribution is -0.138. The van der Waals surface area contributed by atoms with E-state index >= 15 is 0 Å². The van der Waals surface area contributed by atoms with Crippen molar-refractivity contribution in [1.29, 1.82) is 0 Å². The van der Waals surface area contributed by atoms with Crippen molar-refractivity contribution >= 4 is 37.2 Å². The summed E-state index contributed by atoms with van der Waals surface area (Å²) in [6, 6.07) is 8.43. The summed E-state index contributed by atoms with van der Waals surface area (Å²) in [4.78, 5) is 22.8. The Balaban J connectivity index is 2.34. The number of carbonyl (C=O) groups excluding carboxylic acids is 2. The molecule has 0 N–H and O–H groups in total. The average molecular weight is 270 g/mol. The second-order valence-corrected chi connectivity index (χ2v) is 5.15. The van der Waals surface area contributed by atoms with E-state index in [0.29, 0.717) is 18.4 Å². The van der Waals surface area contributed by atoms with E-state index < -0.39 is 11.9 Å². The zero-order chi connectivity index (χ0) is 12.7. The van der Waals surface area contributed by atoms with Gasteiger partial charge in [-0.2, -0.15) is 25.3 Å². The predicted molar refractivity (Wildman–Crippen MR) is 72.5 cm³/mol. The van der Waals surface area contributed by atoms with Gasteiger partial charge in [0.25, 0.3) is 0 Å². The maximum atomic E-state index is 11.5. The smallest absolute Gasteiger partial charge is 0.345 e. The Kier molecular flexibility index (Phi) is 6.15. The number of esters is 2. The molecule has 0 bridgehead atoms. The highest BCUT2D eigenvalue weighted by Gasteiger charge is 2.12. The second kappa shape index (κ2) is 7.40. The van der Waals surface area contributed by atoms with Crippen LogP contribution in [0.3, 0.4) is 0 Å². The number of ether oxygens (including phenoxy) is 1. The number of hydrogen-bond acceptors (Lipinski definition) is 5. The largest absolute Gasteiger partial charge is 0.389 e. The summed E-state index contributed by atoms with van der Waals surface area (Å²) in [6.07, 6.45) is 1.51. The molecule has 0 aliphatic rings. The first-order chi connectivity index (χ1) is 8.09. The Hall–Kier alpha value is -0.940. The number of rotatable bonds is 5. The summed E-state index contributed by atoms with van der Waals surface area (Å²) in [5.41, 5.74) is 0.377. The molecule has 0 saturated heterocycles. The van der Waals surface area contributed by atoms with E-state index in [1.54, 1.807) is 30.3 Å². The van der Waals surface area contributed by atoms with Gasteiger partial charge in [-0.15, -0.1) is 0 Å². The van der Waals surface area contributed by atoms with Crippen LogP contribution < -0.4 is 0 Å². The molecule has 0 aliphatic heterocycles. The summed E-state index contributed by atoms with van der Waals surface area (Å²) >= 11 is 8.15. The third-order valence-corrected chi connectivity index (χ3v) is 2.58. The van der Waals surface area contributed by atoms with Gasteiger partial charge in [0.1, 0.15) is 0 Å². The highest BCUT2D eigenvalue weighted by atomic mass is 32.2. The van der Waals surface area contributed by atoms with Crippen LogP contribution in [0.5, 0.6) is 0 Å². The van der Waals surface area contributed by atoms with Gasteiger partial charge in [-0.25, -0.2) is 4.79 Å². The van der Waals surface area contributed by atoms with Crippen LogP contribution >= 0.6 is 25.3 Å². The first-order valence-electron chi connectivity index (χ1n) is 5.26. The predicted octanol–water partition coefficient (Wildman–Crippen LogP) is 2.73. The molecule has 0 fully saturated rings. The van der Waals surface area contributed by atoms with Crippen molar-refractivity contribution in [2.45, 2.75) is 23.8 Å². The van der Waals surface area contributed by atoms with Crippen molar-refractivity contribution in [3.8, 4) is 0 Å². The molecule has 1 aromatic rings. The third-order valence-electron chi connectivity index (χ3n) is 2.06. The quantitative estimate of drug-likeness (QED) is 0.374. The van der Waals surface area contributed by atoms with Crippen molar-refractivity contribution < 1.29 is 14.3 Å². The first kappa shape index (κ1) is 14.1. The minimum absolute atomic E-state index is 0.0485. The first-order valence-corrected chi connectivity index (χ1v) is 6.29. The minimum Gasteiger partial charge on any atom is -0.389 e. The van der Waals surface area contributed by atoms with Crippen LogP contribution in [-0.2, 0) is 9.53 Å². The summed E-state index contributed by atoms with van der Waals surface area (Å²) in [6.45, 7) is 0. The lowest BCUT2D eigenvalue weighted by Gasteiger charge is -2.04. The van der Waals surface area contributed by atoms with Gasteiger partial charge in [0, 0.05) is 11.0 Å². The molecule has 3 nitrogen and oxygen atoms in total. The van der Waals surface area contributed by atoms with Crippen LogP contribution in [-0.4, -0.2) is 16.5 Å². The Morgan fingerprint density at radius 1 is 1.18 bits per heavy atom. The van der Waals surface area contributed by atoms with E-state index in [2.05, 4.69) is 25.3 Å². The molecule has 0 atom stereocenters. The molecule has 92 valence electrons. The van der Waals surface area contributed by atoms with Crippen LogP contribution in [0.2, 0.25) is 0 Å². The van der Waals surface area contributed by atoms with Crippen molar-refractivity contribution in [2.75, 3.05) is 0 Å². The van der Waals surface area contributed by atoms with Crippen LogP contribution in [0.1, 0.15) is 29.6 Å². The fraction of sp³-hybridized carbons (Fsp3) is 0.333. The molecule has 17 heavy (non-hydrogen) atoms. The molecule has 1 aromatic carbocycles. The molecular formula is C12H14O3S2. The van der Waals surface area contributed by atoms with Crippen LogP contribution in [0, 0.1) is 0 Å². The zero-order valence-electron chi connectivity index (χ0n) is 9.20. The summed E-state index contributed by atoms with van der Waals surface area (Å²) in [7, 11) is 0. The molecular weight excluding hydrogens is 256 g/mol. The van der Waals surface area contributed by atoms with Crippen molar-refractivity contribution in [3.05, 3.63) is 35.9 Å². The molecule has 0 spiro atoms. The Morgan fingerprint density at radius 3 is 2.41 bits per heavy atom. The summed E-state index contributed by atoms with van der Waals surface area (Å²) in [5, 5.41) is 0. The fourth-order valence-electron chi connectivity index (χ4n) is 1.22. The molecule has 0 aromatic heterocycles. The van der Waals surface area contributed by atoms with Gasteiger partial charge >= 0.3 is 11.9 Å². The SMILES string of the molecule is O=C(CCCC(S)S)OC(=O)c1ccccc1. The zero-order valence-corrected chi connectivity index (χ0v) is 11.0. The summed E-state index contributed by atoms with van der Waals surface area (Å²) in [5.74, 6) is -1.12. The fourth-order valence-corrected chi connectivity index (χ4v) is 1.58.